The molecule has 1 aliphatic rings. The molecule has 0 aliphatic carbocycles. The van der Waals surface area contributed by atoms with Gasteiger partial charge in [0.25, 0.3) is 0 Å². The highest BCUT2D eigenvalue weighted by Gasteiger charge is 2.20. The molecule has 0 atom stereocenters. The predicted molar refractivity (Wildman–Crippen MR) is 112 cm³/mol. The van der Waals surface area contributed by atoms with E-state index in [1.54, 1.807) is 36.0 Å². The summed E-state index contributed by atoms with van der Waals surface area (Å²) >= 11 is 1.59. The van der Waals surface area contributed by atoms with Crippen LogP contribution in [0.1, 0.15) is 6.92 Å². The lowest BCUT2D eigenvalue weighted by atomic mass is 10.3. The zero-order chi connectivity index (χ0) is 20.9. The summed E-state index contributed by atoms with van der Waals surface area (Å²) in [6.07, 6.45) is 0. The van der Waals surface area contributed by atoms with E-state index in [0.29, 0.717) is 31.3 Å². The Balaban J connectivity index is 1.52. The molecule has 0 bridgehead atoms. The maximum Gasteiger partial charge on any atom is 0.242 e. The van der Waals surface area contributed by atoms with E-state index in [9.17, 15) is 8.42 Å². The second-order valence-electron chi connectivity index (χ2n) is 6.58. The summed E-state index contributed by atoms with van der Waals surface area (Å²) in [6.45, 7) is 6.43. The number of morpholine rings is 1. The third-order valence-electron chi connectivity index (χ3n) is 4.49. The molecule has 2 heterocycles. The van der Waals surface area contributed by atoms with Crippen LogP contribution in [0.5, 0.6) is 5.75 Å². The first kappa shape index (κ1) is 21.9. The van der Waals surface area contributed by atoms with Gasteiger partial charge in [0.2, 0.25) is 16.0 Å². The third kappa shape index (κ3) is 5.21. The molecule has 1 saturated heterocycles. The van der Waals surface area contributed by atoms with Crippen molar-refractivity contribution in [2.75, 3.05) is 57.7 Å². The van der Waals surface area contributed by atoms with E-state index >= 15 is 0 Å². The molecular weight excluding hydrogens is 414 g/mol. The van der Waals surface area contributed by atoms with Crippen LogP contribution in [0.3, 0.4) is 0 Å². The SMILES string of the molecule is CCn1c(SCCOc2ccc(S(=O)(=O)N(C)C)cc2)nnc1N1CCOCC1. The van der Waals surface area contributed by atoms with Gasteiger partial charge in [0.1, 0.15) is 5.75 Å². The lowest BCUT2D eigenvalue weighted by Crippen LogP contribution is -2.38. The molecule has 0 unspecified atom stereocenters. The number of hydrogen-bond donors (Lipinski definition) is 0. The van der Waals surface area contributed by atoms with E-state index in [1.165, 1.54) is 18.4 Å². The summed E-state index contributed by atoms with van der Waals surface area (Å²) < 4.78 is 38.6. The topological polar surface area (TPSA) is 89.8 Å². The third-order valence-corrected chi connectivity index (χ3v) is 7.25. The number of nitrogens with zero attached hydrogens (tertiary/aromatic N) is 5. The van der Waals surface area contributed by atoms with Crippen molar-refractivity contribution in [2.45, 2.75) is 23.5 Å². The van der Waals surface area contributed by atoms with Crippen molar-refractivity contribution >= 4 is 27.7 Å². The fraction of sp³-hybridized carbons (Fsp3) is 0.556. The van der Waals surface area contributed by atoms with E-state index in [1.807, 2.05) is 0 Å². The quantitative estimate of drug-likeness (QED) is 0.428. The first-order valence-corrected chi connectivity index (χ1v) is 11.9. The Hall–Kier alpha value is -1.82. The van der Waals surface area contributed by atoms with Crippen LogP contribution >= 0.6 is 11.8 Å². The van der Waals surface area contributed by atoms with E-state index in [-0.39, 0.29) is 4.90 Å². The van der Waals surface area contributed by atoms with Gasteiger partial charge in [-0.25, -0.2) is 12.7 Å². The van der Waals surface area contributed by atoms with Crippen molar-refractivity contribution in [3.05, 3.63) is 24.3 Å². The van der Waals surface area contributed by atoms with E-state index in [2.05, 4.69) is 26.6 Å². The first-order chi connectivity index (χ1) is 13.9. The van der Waals surface area contributed by atoms with Gasteiger partial charge in [-0.1, -0.05) is 11.8 Å². The molecule has 0 N–H and O–H groups in total. The molecule has 9 nitrogen and oxygen atoms in total. The van der Waals surface area contributed by atoms with Crippen LogP contribution in [0.4, 0.5) is 5.95 Å². The van der Waals surface area contributed by atoms with E-state index < -0.39 is 10.0 Å². The normalized spacial score (nSPS) is 15.1. The van der Waals surface area contributed by atoms with Crippen LogP contribution in [-0.2, 0) is 21.3 Å². The highest BCUT2D eigenvalue weighted by Crippen LogP contribution is 2.23. The molecule has 0 radical (unpaired) electrons. The largest absolute Gasteiger partial charge is 0.493 e. The zero-order valence-electron chi connectivity index (χ0n) is 16.9. The summed E-state index contributed by atoms with van der Waals surface area (Å²) in [6, 6.07) is 6.46. The van der Waals surface area contributed by atoms with Gasteiger partial charge in [-0.2, -0.15) is 0 Å². The highest BCUT2D eigenvalue weighted by atomic mass is 32.2. The smallest absolute Gasteiger partial charge is 0.242 e. The summed E-state index contributed by atoms with van der Waals surface area (Å²) in [4.78, 5) is 2.44. The zero-order valence-corrected chi connectivity index (χ0v) is 18.6. The molecule has 29 heavy (non-hydrogen) atoms. The van der Waals surface area contributed by atoms with Gasteiger partial charge in [-0.3, -0.25) is 4.57 Å². The minimum atomic E-state index is -3.43. The van der Waals surface area contributed by atoms with Gasteiger partial charge >= 0.3 is 0 Å². The number of thioether (sulfide) groups is 1. The fourth-order valence-electron chi connectivity index (χ4n) is 2.87. The maximum atomic E-state index is 12.1. The van der Waals surface area contributed by atoms with Crippen LogP contribution in [0.15, 0.2) is 34.3 Å². The molecule has 2 aromatic rings. The van der Waals surface area contributed by atoms with E-state index in [0.717, 1.165) is 30.7 Å². The Bertz CT molecular complexity index is 893. The van der Waals surface area contributed by atoms with Gasteiger partial charge in [0.05, 0.1) is 24.7 Å². The molecule has 1 aliphatic heterocycles. The van der Waals surface area contributed by atoms with Crippen LogP contribution in [0, 0.1) is 0 Å². The molecule has 160 valence electrons. The summed E-state index contributed by atoms with van der Waals surface area (Å²) in [5.74, 6) is 2.23. The van der Waals surface area contributed by atoms with Crippen LogP contribution < -0.4 is 9.64 Å². The molecule has 1 fully saturated rings. The first-order valence-electron chi connectivity index (χ1n) is 9.47. The Morgan fingerprint density at radius 3 is 2.48 bits per heavy atom. The Labute approximate surface area is 176 Å². The predicted octanol–water partition coefficient (Wildman–Crippen LogP) is 1.56. The summed E-state index contributed by atoms with van der Waals surface area (Å²) in [5, 5.41) is 9.55. The Morgan fingerprint density at radius 2 is 1.86 bits per heavy atom. The van der Waals surface area contributed by atoms with Crippen LogP contribution in [0.25, 0.3) is 0 Å². The molecule has 3 rings (SSSR count). The number of ether oxygens (including phenoxy) is 2. The molecule has 0 saturated carbocycles. The maximum absolute atomic E-state index is 12.1. The lowest BCUT2D eigenvalue weighted by Gasteiger charge is -2.27. The average Bonchev–Trinajstić information content (AvgIpc) is 3.15. The highest BCUT2D eigenvalue weighted by molar-refractivity contribution is 7.99. The van der Waals surface area contributed by atoms with Crippen molar-refractivity contribution in [3.63, 3.8) is 0 Å². The van der Waals surface area contributed by atoms with Crippen molar-refractivity contribution in [3.8, 4) is 5.75 Å². The van der Waals surface area contributed by atoms with Crippen molar-refractivity contribution in [2.24, 2.45) is 0 Å². The van der Waals surface area contributed by atoms with Gasteiger partial charge < -0.3 is 14.4 Å². The Kier molecular flexibility index (Phi) is 7.38. The second kappa shape index (κ2) is 9.79. The molecule has 1 aromatic carbocycles. The number of benzene rings is 1. The standard InChI is InChI=1S/C18H27N5O4S2/c1-4-23-17(22-9-11-26-12-10-22)19-20-18(23)28-14-13-27-15-5-7-16(8-6-15)29(24,25)21(2)3/h5-8H,4,9-14H2,1-3H3. The summed E-state index contributed by atoms with van der Waals surface area (Å²) in [7, 11) is -0.405. The molecule has 0 spiro atoms. The van der Waals surface area contributed by atoms with Gasteiger partial charge in [-0.15, -0.1) is 10.2 Å². The summed E-state index contributed by atoms with van der Waals surface area (Å²) in [5.41, 5.74) is 0. The molecule has 0 amide bonds. The van der Waals surface area contributed by atoms with Crippen molar-refractivity contribution in [1.82, 2.24) is 19.1 Å². The van der Waals surface area contributed by atoms with Crippen LogP contribution in [-0.4, -0.2) is 80.2 Å². The molecule has 1 aromatic heterocycles. The van der Waals surface area contributed by atoms with Crippen LogP contribution in [0.2, 0.25) is 0 Å². The number of sulfonamides is 1. The molecular formula is C18H27N5O4S2. The minimum Gasteiger partial charge on any atom is -0.493 e. The second-order valence-corrected chi connectivity index (χ2v) is 9.80. The number of rotatable bonds is 9. The number of anilines is 1. The monoisotopic (exact) mass is 441 g/mol. The van der Waals surface area contributed by atoms with E-state index in [4.69, 9.17) is 9.47 Å². The van der Waals surface area contributed by atoms with Gasteiger partial charge in [0.15, 0.2) is 5.16 Å². The number of hydrogen-bond acceptors (Lipinski definition) is 8. The van der Waals surface area contributed by atoms with Gasteiger partial charge in [0, 0.05) is 39.5 Å². The Morgan fingerprint density at radius 1 is 1.17 bits per heavy atom. The fourth-order valence-corrected chi connectivity index (χ4v) is 4.59. The van der Waals surface area contributed by atoms with Crippen molar-refractivity contribution < 1.29 is 17.9 Å². The number of aromatic nitrogens is 3. The average molecular weight is 442 g/mol. The minimum absolute atomic E-state index is 0.246. The van der Waals surface area contributed by atoms with Gasteiger partial charge in [-0.05, 0) is 31.2 Å². The van der Waals surface area contributed by atoms with Crippen molar-refractivity contribution in [1.29, 1.82) is 0 Å². The molecule has 11 heteroatoms. The lowest BCUT2D eigenvalue weighted by molar-refractivity contribution is 0.121.